The fourth-order valence-electron chi connectivity index (χ4n) is 3.13. The summed E-state index contributed by atoms with van der Waals surface area (Å²) in [6, 6.07) is 12.6. The van der Waals surface area contributed by atoms with Crippen molar-refractivity contribution in [1.29, 1.82) is 5.26 Å². The lowest BCUT2D eigenvalue weighted by Gasteiger charge is -2.12. The Labute approximate surface area is 155 Å². The number of rotatable bonds is 2. The summed E-state index contributed by atoms with van der Waals surface area (Å²) in [5, 5.41) is 18.6. The maximum absolute atomic E-state index is 13.0. The third kappa shape index (κ3) is 2.74. The highest BCUT2D eigenvalue weighted by molar-refractivity contribution is 5.95. The van der Waals surface area contributed by atoms with Crippen molar-refractivity contribution < 1.29 is 23.1 Å². The molecule has 2 heterocycles. The molecule has 5 nitrogen and oxygen atoms in total. The minimum absolute atomic E-state index is 0.0328. The van der Waals surface area contributed by atoms with Gasteiger partial charge in [0.15, 0.2) is 0 Å². The maximum Gasteiger partial charge on any atom is 0.416 e. The summed E-state index contributed by atoms with van der Waals surface area (Å²) >= 11 is 0. The van der Waals surface area contributed by atoms with E-state index < -0.39 is 17.7 Å². The molecule has 0 aliphatic rings. The van der Waals surface area contributed by atoms with Crippen molar-refractivity contribution in [2.24, 2.45) is 0 Å². The Hall–Kier alpha value is -3.86. The Kier molecular flexibility index (Phi) is 3.82. The SMILES string of the molecule is N#Cc1cc(C(F)(F)F)ccc1-c1nc2cc(C(=O)O)ccc2n2cccc12. The van der Waals surface area contributed by atoms with Crippen LogP contribution in [0.2, 0.25) is 0 Å². The average molecular weight is 381 g/mol. The highest BCUT2D eigenvalue weighted by atomic mass is 19.4. The standard InChI is InChI=1S/C20H10F3N3O2/c21-20(22,23)13-4-5-14(12(8-13)10-24)18-17-2-1-7-26(17)16-6-3-11(19(27)28)9-15(16)25-18/h1-9H,(H,27,28). The lowest BCUT2D eigenvalue weighted by atomic mass is 10.0. The van der Waals surface area contributed by atoms with Crippen molar-refractivity contribution in [3.8, 4) is 17.3 Å². The number of carboxylic acids is 1. The van der Waals surface area contributed by atoms with Gasteiger partial charge in [0, 0.05) is 11.8 Å². The van der Waals surface area contributed by atoms with Crippen molar-refractivity contribution in [1.82, 2.24) is 9.38 Å². The van der Waals surface area contributed by atoms with Crippen LogP contribution in [0, 0.1) is 11.3 Å². The molecule has 28 heavy (non-hydrogen) atoms. The largest absolute Gasteiger partial charge is 0.478 e. The van der Waals surface area contributed by atoms with Crippen molar-refractivity contribution >= 4 is 22.5 Å². The molecule has 4 rings (SSSR count). The van der Waals surface area contributed by atoms with E-state index in [-0.39, 0.29) is 16.7 Å². The first-order valence-corrected chi connectivity index (χ1v) is 8.05. The van der Waals surface area contributed by atoms with E-state index in [2.05, 4.69) is 4.98 Å². The van der Waals surface area contributed by atoms with E-state index in [9.17, 15) is 28.3 Å². The molecule has 0 radical (unpaired) electrons. The molecule has 0 fully saturated rings. The van der Waals surface area contributed by atoms with E-state index in [1.165, 1.54) is 18.2 Å². The van der Waals surface area contributed by atoms with Gasteiger partial charge in [-0.25, -0.2) is 9.78 Å². The molecule has 1 N–H and O–H groups in total. The van der Waals surface area contributed by atoms with Crippen molar-refractivity contribution in [3.05, 3.63) is 71.4 Å². The van der Waals surface area contributed by atoms with E-state index in [4.69, 9.17) is 0 Å². The molecule has 2 aromatic heterocycles. The first-order valence-electron chi connectivity index (χ1n) is 8.05. The van der Waals surface area contributed by atoms with Gasteiger partial charge in [0.2, 0.25) is 0 Å². The van der Waals surface area contributed by atoms with Crippen LogP contribution < -0.4 is 0 Å². The summed E-state index contributed by atoms with van der Waals surface area (Å²) in [7, 11) is 0. The van der Waals surface area contributed by atoms with Gasteiger partial charge in [-0.15, -0.1) is 0 Å². The highest BCUT2D eigenvalue weighted by Gasteiger charge is 2.31. The van der Waals surface area contributed by atoms with Gasteiger partial charge < -0.3 is 9.51 Å². The van der Waals surface area contributed by atoms with Gasteiger partial charge in [-0.3, -0.25) is 0 Å². The van der Waals surface area contributed by atoms with Gasteiger partial charge in [0.05, 0.1) is 45.0 Å². The molecular formula is C20H10F3N3O2. The molecule has 0 bridgehead atoms. The lowest BCUT2D eigenvalue weighted by Crippen LogP contribution is -2.06. The zero-order valence-electron chi connectivity index (χ0n) is 14.0. The molecule has 0 amide bonds. The van der Waals surface area contributed by atoms with Crippen molar-refractivity contribution in [2.45, 2.75) is 6.18 Å². The summed E-state index contributed by atoms with van der Waals surface area (Å²) < 4.78 is 40.7. The van der Waals surface area contributed by atoms with Crippen LogP contribution in [0.25, 0.3) is 27.8 Å². The number of alkyl halides is 3. The zero-order chi connectivity index (χ0) is 20.1. The summed E-state index contributed by atoms with van der Waals surface area (Å²) in [5.41, 5.74) is 1.05. The third-order valence-corrected chi connectivity index (χ3v) is 4.43. The highest BCUT2D eigenvalue weighted by Crippen LogP contribution is 2.35. The predicted molar refractivity (Wildman–Crippen MR) is 94.8 cm³/mol. The number of hydrogen-bond donors (Lipinski definition) is 1. The first-order chi connectivity index (χ1) is 13.3. The number of carbonyl (C=O) groups is 1. The van der Waals surface area contributed by atoms with Gasteiger partial charge in [0.25, 0.3) is 0 Å². The number of aromatic carboxylic acids is 1. The molecule has 0 aliphatic carbocycles. The second-order valence-electron chi connectivity index (χ2n) is 6.10. The van der Waals surface area contributed by atoms with Crippen molar-refractivity contribution in [2.75, 3.05) is 0 Å². The number of carboxylic acid groups (broad SMARTS) is 1. The van der Waals surface area contributed by atoms with Gasteiger partial charge in [-0.1, -0.05) is 6.07 Å². The van der Waals surface area contributed by atoms with Crippen LogP contribution in [-0.2, 0) is 6.18 Å². The van der Waals surface area contributed by atoms with E-state index >= 15 is 0 Å². The maximum atomic E-state index is 13.0. The molecular weight excluding hydrogens is 371 g/mol. The number of aromatic nitrogens is 2. The molecule has 0 saturated heterocycles. The van der Waals surface area contributed by atoms with Crippen LogP contribution in [0.15, 0.2) is 54.7 Å². The minimum atomic E-state index is -4.57. The van der Waals surface area contributed by atoms with Crippen LogP contribution in [0.3, 0.4) is 0 Å². The second kappa shape index (κ2) is 6.09. The number of halogens is 3. The van der Waals surface area contributed by atoms with Crippen LogP contribution in [0.4, 0.5) is 13.2 Å². The van der Waals surface area contributed by atoms with Crippen molar-refractivity contribution in [3.63, 3.8) is 0 Å². The fraction of sp³-hybridized carbons (Fsp3) is 0.0500. The predicted octanol–water partition coefficient (Wildman–Crippen LogP) is 4.74. The third-order valence-electron chi connectivity index (χ3n) is 4.43. The van der Waals surface area contributed by atoms with Crippen LogP contribution in [-0.4, -0.2) is 20.5 Å². The van der Waals surface area contributed by atoms with Crippen LogP contribution in [0.1, 0.15) is 21.5 Å². The van der Waals surface area contributed by atoms with E-state index in [0.717, 1.165) is 12.1 Å². The summed E-state index contributed by atoms with van der Waals surface area (Å²) in [6.45, 7) is 0. The molecule has 4 aromatic rings. The van der Waals surface area contributed by atoms with Gasteiger partial charge in [0.1, 0.15) is 0 Å². The molecule has 0 atom stereocenters. The van der Waals surface area contributed by atoms with Crippen LogP contribution in [0.5, 0.6) is 0 Å². The molecule has 8 heteroatoms. The first kappa shape index (κ1) is 17.5. The van der Waals surface area contributed by atoms with E-state index in [1.807, 2.05) is 0 Å². The summed E-state index contributed by atoms with van der Waals surface area (Å²) in [6.07, 6.45) is -2.83. The molecule has 2 aromatic carbocycles. The van der Waals surface area contributed by atoms with Gasteiger partial charge >= 0.3 is 12.1 Å². The number of hydrogen-bond acceptors (Lipinski definition) is 3. The molecule has 138 valence electrons. The van der Waals surface area contributed by atoms with Gasteiger partial charge in [-0.05, 0) is 42.5 Å². The molecule has 0 unspecified atom stereocenters. The van der Waals surface area contributed by atoms with Crippen LogP contribution >= 0.6 is 0 Å². The Morgan fingerprint density at radius 1 is 1.11 bits per heavy atom. The number of fused-ring (bicyclic) bond motifs is 3. The monoisotopic (exact) mass is 381 g/mol. The lowest BCUT2D eigenvalue weighted by molar-refractivity contribution is -0.137. The Morgan fingerprint density at radius 3 is 2.57 bits per heavy atom. The topological polar surface area (TPSA) is 78.4 Å². The normalized spacial score (nSPS) is 11.6. The second-order valence-corrected chi connectivity index (χ2v) is 6.10. The Morgan fingerprint density at radius 2 is 1.89 bits per heavy atom. The Bertz CT molecular complexity index is 1300. The fourth-order valence-corrected chi connectivity index (χ4v) is 3.13. The van der Waals surface area contributed by atoms with E-state index in [1.54, 1.807) is 34.9 Å². The molecule has 0 saturated carbocycles. The quantitative estimate of drug-likeness (QED) is 0.544. The average Bonchev–Trinajstić information content (AvgIpc) is 3.15. The molecule has 0 aliphatic heterocycles. The smallest absolute Gasteiger partial charge is 0.416 e. The number of nitrogens with zero attached hydrogens (tertiary/aromatic N) is 3. The molecule has 0 spiro atoms. The van der Waals surface area contributed by atoms with Gasteiger partial charge in [-0.2, -0.15) is 18.4 Å². The Balaban J connectivity index is 2.04. The summed E-state index contributed by atoms with van der Waals surface area (Å²) in [5.74, 6) is -1.12. The summed E-state index contributed by atoms with van der Waals surface area (Å²) in [4.78, 5) is 15.7. The zero-order valence-corrected chi connectivity index (χ0v) is 14.0. The number of nitriles is 1. The minimum Gasteiger partial charge on any atom is -0.478 e. The number of benzene rings is 2. The van der Waals surface area contributed by atoms with E-state index in [0.29, 0.717) is 22.2 Å².